The number of halogens is 2. The monoisotopic (exact) mass is 431 g/mol. The summed E-state index contributed by atoms with van der Waals surface area (Å²) in [6.45, 7) is 4.95. The van der Waals surface area contributed by atoms with Crippen LogP contribution in [0.25, 0.3) is 10.8 Å². The molecule has 0 saturated heterocycles. The summed E-state index contributed by atoms with van der Waals surface area (Å²) in [5, 5.41) is 4.00. The minimum atomic E-state index is -0.559. The molecule has 0 aliphatic carbocycles. The fraction of sp³-hybridized carbons (Fsp3) is 0.273. The number of hydrogen-bond acceptors (Lipinski definition) is 3. The highest BCUT2D eigenvalue weighted by molar-refractivity contribution is 6.31. The summed E-state index contributed by atoms with van der Waals surface area (Å²) in [5.74, 6) is -0.559. The molecule has 2 aromatic carbocycles. The number of aromatic nitrogens is 1. The number of urea groups is 1. The van der Waals surface area contributed by atoms with E-state index >= 15 is 0 Å². The number of benzene rings is 2. The Bertz CT molecular complexity index is 1100. The number of nitrogens with zero attached hydrogens (tertiary/aromatic N) is 1. The molecule has 1 heterocycles. The standard InChI is InChI=1S/C22H23ClFN3O3/c1-3-30-11-10-27(22(29)26-15-8-9-20(24)19(23)12-15)14(2)18-13-25-21(28)17-7-5-4-6-16(17)18/h4-9,12-14H,3,10-11H2,1-2H3,(H,25,28)(H,26,29). The maximum atomic E-state index is 13.4. The summed E-state index contributed by atoms with van der Waals surface area (Å²) in [6, 6.07) is 10.5. The van der Waals surface area contributed by atoms with Gasteiger partial charge in [-0.25, -0.2) is 9.18 Å². The van der Waals surface area contributed by atoms with E-state index in [2.05, 4.69) is 10.3 Å². The van der Waals surface area contributed by atoms with E-state index in [1.807, 2.05) is 26.0 Å². The van der Waals surface area contributed by atoms with Crippen LogP contribution in [0, 0.1) is 5.82 Å². The summed E-state index contributed by atoms with van der Waals surface area (Å²) in [7, 11) is 0. The van der Waals surface area contributed by atoms with Gasteiger partial charge >= 0.3 is 6.03 Å². The van der Waals surface area contributed by atoms with E-state index in [4.69, 9.17) is 16.3 Å². The van der Waals surface area contributed by atoms with Crippen molar-refractivity contribution in [2.75, 3.05) is 25.1 Å². The van der Waals surface area contributed by atoms with Gasteiger partial charge in [-0.2, -0.15) is 0 Å². The number of amides is 2. The minimum Gasteiger partial charge on any atom is -0.380 e. The third-order valence-electron chi connectivity index (χ3n) is 4.87. The van der Waals surface area contributed by atoms with Crippen LogP contribution in [0.1, 0.15) is 25.5 Å². The summed E-state index contributed by atoms with van der Waals surface area (Å²) in [6.07, 6.45) is 1.63. The minimum absolute atomic E-state index is 0.0756. The molecule has 0 radical (unpaired) electrons. The molecule has 1 atom stereocenters. The van der Waals surface area contributed by atoms with Crippen LogP contribution in [0.4, 0.5) is 14.9 Å². The molecular formula is C22H23ClFN3O3. The Balaban J connectivity index is 1.92. The van der Waals surface area contributed by atoms with Crippen molar-refractivity contribution in [1.82, 2.24) is 9.88 Å². The average molecular weight is 432 g/mol. The van der Waals surface area contributed by atoms with Crippen LogP contribution in [0.5, 0.6) is 0 Å². The Morgan fingerprint density at radius 1 is 1.27 bits per heavy atom. The summed E-state index contributed by atoms with van der Waals surface area (Å²) in [5.41, 5.74) is 0.994. The Labute approximate surface area is 178 Å². The molecule has 158 valence electrons. The first-order valence-electron chi connectivity index (χ1n) is 9.63. The quantitative estimate of drug-likeness (QED) is 0.519. The Kier molecular flexibility index (Phi) is 7.07. The third kappa shape index (κ3) is 4.80. The second-order valence-corrected chi connectivity index (χ2v) is 7.15. The van der Waals surface area contributed by atoms with Crippen LogP contribution in [-0.2, 0) is 4.74 Å². The van der Waals surface area contributed by atoms with E-state index in [-0.39, 0.29) is 22.7 Å². The number of pyridine rings is 1. The van der Waals surface area contributed by atoms with Gasteiger partial charge in [-0.05, 0) is 49.1 Å². The molecule has 0 saturated carbocycles. The van der Waals surface area contributed by atoms with E-state index in [1.165, 1.54) is 18.2 Å². The number of hydrogen-bond donors (Lipinski definition) is 2. The van der Waals surface area contributed by atoms with Crippen molar-refractivity contribution in [2.24, 2.45) is 0 Å². The van der Waals surface area contributed by atoms with Gasteiger partial charge in [-0.15, -0.1) is 0 Å². The zero-order valence-corrected chi connectivity index (χ0v) is 17.5. The fourth-order valence-corrected chi connectivity index (χ4v) is 3.47. The molecule has 3 rings (SSSR count). The lowest BCUT2D eigenvalue weighted by Crippen LogP contribution is -2.39. The van der Waals surface area contributed by atoms with E-state index < -0.39 is 5.82 Å². The number of nitrogens with one attached hydrogen (secondary N) is 2. The first kappa shape index (κ1) is 21.8. The number of H-pyrrole nitrogens is 1. The largest absolute Gasteiger partial charge is 0.380 e. The maximum Gasteiger partial charge on any atom is 0.322 e. The SMILES string of the molecule is CCOCCN(C(=O)Nc1ccc(F)c(Cl)c1)C(C)c1c[nH]c(=O)c2ccccc12. The molecule has 1 aromatic heterocycles. The highest BCUT2D eigenvalue weighted by Crippen LogP contribution is 2.27. The van der Waals surface area contributed by atoms with E-state index in [1.54, 1.807) is 23.2 Å². The first-order chi connectivity index (χ1) is 14.4. The molecule has 0 aliphatic rings. The Morgan fingerprint density at radius 2 is 2.00 bits per heavy atom. The van der Waals surface area contributed by atoms with Crippen LogP contribution >= 0.6 is 11.6 Å². The zero-order chi connectivity index (χ0) is 21.7. The zero-order valence-electron chi connectivity index (χ0n) is 16.7. The molecule has 2 N–H and O–H groups in total. The molecule has 1 unspecified atom stereocenters. The van der Waals surface area contributed by atoms with E-state index in [0.717, 1.165) is 10.9 Å². The second kappa shape index (κ2) is 9.73. The lowest BCUT2D eigenvalue weighted by atomic mass is 10.0. The van der Waals surface area contributed by atoms with Gasteiger partial charge in [0.1, 0.15) is 5.82 Å². The van der Waals surface area contributed by atoms with Crippen molar-refractivity contribution >= 4 is 34.1 Å². The van der Waals surface area contributed by atoms with Crippen molar-refractivity contribution in [2.45, 2.75) is 19.9 Å². The van der Waals surface area contributed by atoms with Crippen molar-refractivity contribution < 1.29 is 13.9 Å². The Morgan fingerprint density at radius 3 is 2.70 bits per heavy atom. The fourth-order valence-electron chi connectivity index (χ4n) is 3.29. The number of fused-ring (bicyclic) bond motifs is 1. The summed E-state index contributed by atoms with van der Waals surface area (Å²) < 4.78 is 18.9. The van der Waals surface area contributed by atoms with Crippen LogP contribution in [0.15, 0.2) is 53.5 Å². The van der Waals surface area contributed by atoms with Gasteiger partial charge < -0.3 is 19.9 Å². The smallest absolute Gasteiger partial charge is 0.322 e. The van der Waals surface area contributed by atoms with Gasteiger partial charge in [0, 0.05) is 30.4 Å². The van der Waals surface area contributed by atoms with Gasteiger partial charge in [-0.3, -0.25) is 4.79 Å². The molecule has 0 spiro atoms. The molecule has 0 bridgehead atoms. The van der Waals surface area contributed by atoms with Gasteiger partial charge in [0.25, 0.3) is 5.56 Å². The summed E-state index contributed by atoms with van der Waals surface area (Å²) in [4.78, 5) is 29.6. The topological polar surface area (TPSA) is 74.4 Å². The number of aromatic amines is 1. The summed E-state index contributed by atoms with van der Waals surface area (Å²) >= 11 is 5.82. The lowest BCUT2D eigenvalue weighted by molar-refractivity contribution is 0.111. The maximum absolute atomic E-state index is 13.4. The number of carbonyl (C=O) groups is 1. The van der Waals surface area contributed by atoms with Gasteiger partial charge in [-0.1, -0.05) is 29.8 Å². The molecule has 3 aromatic rings. The van der Waals surface area contributed by atoms with Crippen molar-refractivity contribution in [3.05, 3.63) is 75.4 Å². The van der Waals surface area contributed by atoms with E-state index in [0.29, 0.717) is 30.8 Å². The van der Waals surface area contributed by atoms with Crippen LogP contribution in [0.2, 0.25) is 5.02 Å². The van der Waals surface area contributed by atoms with Gasteiger partial charge in [0.15, 0.2) is 0 Å². The van der Waals surface area contributed by atoms with Gasteiger partial charge in [0.2, 0.25) is 0 Å². The Hall–Kier alpha value is -2.90. The average Bonchev–Trinajstić information content (AvgIpc) is 2.74. The molecule has 6 nitrogen and oxygen atoms in total. The van der Waals surface area contributed by atoms with Crippen molar-refractivity contribution in [1.29, 1.82) is 0 Å². The number of anilines is 1. The first-order valence-corrected chi connectivity index (χ1v) is 10.0. The van der Waals surface area contributed by atoms with Crippen LogP contribution in [-0.4, -0.2) is 35.7 Å². The molecule has 8 heteroatoms. The number of ether oxygens (including phenoxy) is 1. The van der Waals surface area contributed by atoms with Crippen LogP contribution in [0.3, 0.4) is 0 Å². The molecular weight excluding hydrogens is 409 g/mol. The molecule has 2 amide bonds. The highest BCUT2D eigenvalue weighted by atomic mass is 35.5. The second-order valence-electron chi connectivity index (χ2n) is 6.74. The predicted octanol–water partition coefficient (Wildman–Crippen LogP) is 4.95. The molecule has 30 heavy (non-hydrogen) atoms. The van der Waals surface area contributed by atoms with Crippen molar-refractivity contribution in [3.63, 3.8) is 0 Å². The molecule has 0 fully saturated rings. The normalized spacial score (nSPS) is 12.0. The number of carbonyl (C=O) groups excluding carboxylic acids is 1. The van der Waals surface area contributed by atoms with E-state index in [9.17, 15) is 14.0 Å². The number of rotatable bonds is 7. The highest BCUT2D eigenvalue weighted by Gasteiger charge is 2.24. The van der Waals surface area contributed by atoms with Crippen LogP contribution < -0.4 is 10.9 Å². The van der Waals surface area contributed by atoms with Crippen molar-refractivity contribution in [3.8, 4) is 0 Å². The van der Waals surface area contributed by atoms with Gasteiger partial charge in [0.05, 0.1) is 17.7 Å². The third-order valence-corrected chi connectivity index (χ3v) is 5.16. The lowest BCUT2D eigenvalue weighted by Gasteiger charge is -2.30. The molecule has 0 aliphatic heterocycles. The predicted molar refractivity (Wildman–Crippen MR) is 117 cm³/mol.